The first-order valence-electron chi connectivity index (χ1n) is 8.95. The molecule has 0 heterocycles. The summed E-state index contributed by atoms with van der Waals surface area (Å²) >= 11 is 0. The Hall–Kier alpha value is -1.36. The fourth-order valence-electron chi connectivity index (χ4n) is 3.29. The Kier molecular flexibility index (Phi) is 6.84. The Balaban J connectivity index is 1.92. The molecular formula is C19H29NO3S. The first kappa shape index (κ1) is 19.0. The van der Waals surface area contributed by atoms with Crippen molar-refractivity contribution in [3.8, 4) is 0 Å². The maximum atomic E-state index is 12.4. The van der Waals surface area contributed by atoms with Crippen LogP contribution >= 0.6 is 0 Å². The van der Waals surface area contributed by atoms with Crippen molar-refractivity contribution in [1.29, 1.82) is 0 Å². The van der Waals surface area contributed by atoms with Crippen LogP contribution in [0.25, 0.3) is 0 Å². The van der Waals surface area contributed by atoms with E-state index in [1.807, 2.05) is 14.0 Å². The Morgan fingerprint density at radius 2 is 1.58 bits per heavy atom. The molecule has 1 aromatic carbocycles. The average Bonchev–Trinajstić information content (AvgIpc) is 2.52. The Morgan fingerprint density at radius 3 is 2.17 bits per heavy atom. The molecule has 0 atom stereocenters. The van der Waals surface area contributed by atoms with Gasteiger partial charge in [0.2, 0.25) is 5.91 Å². The number of sulfone groups is 1. The molecule has 0 N–H and O–H groups in total. The number of nitrogens with zero attached hydrogens (tertiary/aromatic N) is 1. The molecule has 0 saturated heterocycles. The molecule has 24 heavy (non-hydrogen) atoms. The monoisotopic (exact) mass is 351 g/mol. The normalized spacial score (nSPS) is 17.1. The van der Waals surface area contributed by atoms with Gasteiger partial charge in [0.1, 0.15) is 0 Å². The van der Waals surface area contributed by atoms with Crippen LogP contribution in [0.3, 0.4) is 0 Å². The molecule has 1 aromatic rings. The SMILES string of the molecule is Cc1ccc(S(=O)(=O)CCC(=O)N(C)C2CCCCCCC2)cc1. The lowest BCUT2D eigenvalue weighted by molar-refractivity contribution is -0.131. The van der Waals surface area contributed by atoms with Gasteiger partial charge in [-0.25, -0.2) is 8.42 Å². The second-order valence-corrected chi connectivity index (χ2v) is 8.99. The summed E-state index contributed by atoms with van der Waals surface area (Å²) < 4.78 is 24.8. The van der Waals surface area contributed by atoms with Gasteiger partial charge in [-0.1, -0.05) is 49.8 Å². The van der Waals surface area contributed by atoms with Crippen molar-refractivity contribution in [1.82, 2.24) is 4.90 Å². The Morgan fingerprint density at radius 1 is 1.04 bits per heavy atom. The van der Waals surface area contributed by atoms with Crippen LogP contribution in [0, 0.1) is 6.92 Å². The predicted molar refractivity (Wildman–Crippen MR) is 96.7 cm³/mol. The van der Waals surface area contributed by atoms with Crippen LogP contribution in [-0.4, -0.2) is 38.1 Å². The predicted octanol–water partition coefficient (Wildman–Crippen LogP) is 3.73. The van der Waals surface area contributed by atoms with Gasteiger partial charge in [0.05, 0.1) is 10.6 Å². The number of amides is 1. The number of carbonyl (C=O) groups excluding carboxylic acids is 1. The topological polar surface area (TPSA) is 54.5 Å². The molecule has 0 bridgehead atoms. The minimum Gasteiger partial charge on any atom is -0.343 e. The highest BCUT2D eigenvalue weighted by Gasteiger charge is 2.23. The number of rotatable bonds is 5. The zero-order valence-corrected chi connectivity index (χ0v) is 15.6. The van der Waals surface area contributed by atoms with E-state index in [0.717, 1.165) is 31.2 Å². The molecule has 0 aliphatic heterocycles. The van der Waals surface area contributed by atoms with Crippen LogP contribution in [0.1, 0.15) is 56.9 Å². The minimum atomic E-state index is -3.40. The first-order chi connectivity index (χ1) is 11.4. The first-order valence-corrected chi connectivity index (χ1v) is 10.6. The van der Waals surface area contributed by atoms with E-state index in [9.17, 15) is 13.2 Å². The van der Waals surface area contributed by atoms with Crippen molar-refractivity contribution >= 4 is 15.7 Å². The highest BCUT2D eigenvalue weighted by molar-refractivity contribution is 7.91. The van der Waals surface area contributed by atoms with E-state index in [1.165, 1.54) is 19.3 Å². The van der Waals surface area contributed by atoms with Gasteiger partial charge < -0.3 is 4.90 Å². The fraction of sp³-hybridized carbons (Fsp3) is 0.632. The molecule has 4 nitrogen and oxygen atoms in total. The molecule has 1 fully saturated rings. The fourth-order valence-corrected chi connectivity index (χ4v) is 4.52. The van der Waals surface area contributed by atoms with Crippen LogP contribution in [0.5, 0.6) is 0 Å². The summed E-state index contributed by atoms with van der Waals surface area (Å²) in [6, 6.07) is 7.08. The maximum Gasteiger partial charge on any atom is 0.223 e. The molecule has 0 spiro atoms. The van der Waals surface area contributed by atoms with Gasteiger partial charge in [-0.05, 0) is 31.9 Å². The molecule has 0 unspecified atom stereocenters. The summed E-state index contributed by atoms with van der Waals surface area (Å²) in [7, 11) is -1.57. The highest BCUT2D eigenvalue weighted by atomic mass is 32.2. The summed E-state index contributed by atoms with van der Waals surface area (Å²) in [4.78, 5) is 14.5. The Labute approximate surface area is 146 Å². The lowest BCUT2D eigenvalue weighted by Crippen LogP contribution is -2.38. The third-order valence-corrected chi connectivity index (χ3v) is 6.71. The third-order valence-electron chi connectivity index (χ3n) is 4.98. The van der Waals surface area contributed by atoms with E-state index in [0.29, 0.717) is 4.90 Å². The van der Waals surface area contributed by atoms with E-state index in [-0.39, 0.29) is 24.1 Å². The molecule has 5 heteroatoms. The number of hydrogen-bond donors (Lipinski definition) is 0. The van der Waals surface area contributed by atoms with Gasteiger partial charge in [0.15, 0.2) is 9.84 Å². The lowest BCUT2D eigenvalue weighted by Gasteiger charge is -2.29. The number of aryl methyl sites for hydroxylation is 1. The number of hydrogen-bond acceptors (Lipinski definition) is 3. The molecule has 1 aliphatic carbocycles. The summed E-state index contributed by atoms with van der Waals surface area (Å²) in [6.45, 7) is 1.92. The van der Waals surface area contributed by atoms with E-state index in [2.05, 4.69) is 0 Å². The second kappa shape index (κ2) is 8.65. The molecule has 0 aromatic heterocycles. The van der Waals surface area contributed by atoms with Crippen LogP contribution in [0.15, 0.2) is 29.2 Å². The molecule has 134 valence electrons. The average molecular weight is 352 g/mol. The lowest BCUT2D eigenvalue weighted by atomic mass is 9.96. The minimum absolute atomic E-state index is 0.0587. The summed E-state index contributed by atoms with van der Waals surface area (Å²) in [5.41, 5.74) is 1.02. The molecule has 1 saturated carbocycles. The van der Waals surface area contributed by atoms with Gasteiger partial charge in [0, 0.05) is 19.5 Å². The summed E-state index contributed by atoms with van der Waals surface area (Å²) in [5, 5.41) is 0. The molecule has 1 amide bonds. The van der Waals surface area contributed by atoms with E-state index in [4.69, 9.17) is 0 Å². The van der Waals surface area contributed by atoms with E-state index < -0.39 is 9.84 Å². The van der Waals surface area contributed by atoms with Gasteiger partial charge in [-0.2, -0.15) is 0 Å². The van der Waals surface area contributed by atoms with Crippen molar-refractivity contribution in [3.63, 3.8) is 0 Å². The van der Waals surface area contributed by atoms with Gasteiger partial charge in [-0.15, -0.1) is 0 Å². The highest BCUT2D eigenvalue weighted by Crippen LogP contribution is 2.21. The van der Waals surface area contributed by atoms with Crippen molar-refractivity contribution in [2.45, 2.75) is 69.2 Å². The molecule has 1 aliphatic rings. The summed E-state index contributed by atoms with van der Waals surface area (Å²) in [5.74, 6) is -0.178. The van der Waals surface area contributed by atoms with Crippen LogP contribution < -0.4 is 0 Å². The van der Waals surface area contributed by atoms with Crippen LogP contribution in [0.2, 0.25) is 0 Å². The van der Waals surface area contributed by atoms with Gasteiger partial charge >= 0.3 is 0 Å². The zero-order chi connectivity index (χ0) is 17.6. The largest absolute Gasteiger partial charge is 0.343 e. The van der Waals surface area contributed by atoms with E-state index >= 15 is 0 Å². The smallest absolute Gasteiger partial charge is 0.223 e. The standard InChI is InChI=1S/C19H29NO3S/c1-16-10-12-18(13-11-16)24(22,23)15-14-19(21)20(2)17-8-6-4-3-5-7-9-17/h10-13,17H,3-9,14-15H2,1-2H3. The third kappa shape index (κ3) is 5.33. The number of benzene rings is 1. The molecule has 2 rings (SSSR count). The van der Waals surface area contributed by atoms with Gasteiger partial charge in [0.25, 0.3) is 0 Å². The van der Waals surface area contributed by atoms with Crippen molar-refractivity contribution in [3.05, 3.63) is 29.8 Å². The maximum absolute atomic E-state index is 12.4. The van der Waals surface area contributed by atoms with Crippen molar-refractivity contribution in [2.24, 2.45) is 0 Å². The molecular weight excluding hydrogens is 322 g/mol. The van der Waals surface area contributed by atoms with Gasteiger partial charge in [-0.3, -0.25) is 4.79 Å². The van der Waals surface area contributed by atoms with Crippen LogP contribution in [-0.2, 0) is 14.6 Å². The Bertz CT molecular complexity index is 629. The zero-order valence-electron chi connectivity index (χ0n) is 14.8. The second-order valence-electron chi connectivity index (χ2n) is 6.89. The number of carbonyl (C=O) groups is 1. The van der Waals surface area contributed by atoms with Crippen molar-refractivity contribution in [2.75, 3.05) is 12.8 Å². The summed E-state index contributed by atoms with van der Waals surface area (Å²) in [6.07, 6.45) is 8.21. The molecule has 0 radical (unpaired) electrons. The van der Waals surface area contributed by atoms with Crippen molar-refractivity contribution < 1.29 is 13.2 Å². The quantitative estimate of drug-likeness (QED) is 0.812. The van der Waals surface area contributed by atoms with Crippen LogP contribution in [0.4, 0.5) is 0 Å². The van der Waals surface area contributed by atoms with E-state index in [1.54, 1.807) is 29.2 Å².